The van der Waals surface area contributed by atoms with Crippen molar-refractivity contribution < 1.29 is 0 Å². The molecule has 0 aromatic carbocycles. The highest BCUT2D eigenvalue weighted by Gasteiger charge is 2.18. The van der Waals surface area contributed by atoms with Gasteiger partial charge in [0.05, 0.1) is 11.8 Å². The fourth-order valence-corrected chi connectivity index (χ4v) is 2.38. The van der Waals surface area contributed by atoms with Crippen molar-refractivity contribution in [3.63, 3.8) is 0 Å². The standard InChI is InChI=1S/C12H18N4S/c1-9-3-2-7-16(8-5-9)12-10(11(13)17)4-6-14-15-12/h4,6,9H,2-3,5,7-8H2,1H3,(H2,13,17). The number of aromatic nitrogens is 2. The summed E-state index contributed by atoms with van der Waals surface area (Å²) in [5.74, 6) is 1.62. The number of hydrogen-bond donors (Lipinski definition) is 1. The van der Waals surface area contributed by atoms with E-state index >= 15 is 0 Å². The van der Waals surface area contributed by atoms with Gasteiger partial charge in [-0.15, -0.1) is 5.10 Å². The van der Waals surface area contributed by atoms with E-state index in [1.54, 1.807) is 6.20 Å². The van der Waals surface area contributed by atoms with Crippen molar-refractivity contribution in [3.05, 3.63) is 17.8 Å². The van der Waals surface area contributed by atoms with Crippen LogP contribution in [-0.2, 0) is 0 Å². The van der Waals surface area contributed by atoms with Crippen molar-refractivity contribution in [2.75, 3.05) is 18.0 Å². The monoisotopic (exact) mass is 250 g/mol. The second-order valence-corrected chi connectivity index (χ2v) is 5.10. The van der Waals surface area contributed by atoms with E-state index in [0.717, 1.165) is 30.4 Å². The van der Waals surface area contributed by atoms with Crippen LogP contribution >= 0.6 is 12.2 Å². The molecule has 2 N–H and O–H groups in total. The molecule has 0 saturated carbocycles. The second kappa shape index (κ2) is 5.40. The predicted octanol–water partition coefficient (Wildman–Crippen LogP) is 1.74. The summed E-state index contributed by atoms with van der Waals surface area (Å²) in [7, 11) is 0. The molecule has 0 amide bonds. The lowest BCUT2D eigenvalue weighted by Gasteiger charge is -2.22. The van der Waals surface area contributed by atoms with Gasteiger partial charge in [-0.1, -0.05) is 19.1 Å². The Labute approximate surface area is 107 Å². The number of hydrogen-bond acceptors (Lipinski definition) is 4. The summed E-state index contributed by atoms with van der Waals surface area (Å²) >= 11 is 5.06. The summed E-state index contributed by atoms with van der Waals surface area (Å²) in [6.45, 7) is 4.32. The van der Waals surface area contributed by atoms with Crippen LogP contribution in [0, 0.1) is 5.92 Å². The van der Waals surface area contributed by atoms with E-state index in [-0.39, 0.29) is 0 Å². The van der Waals surface area contributed by atoms with Crippen LogP contribution in [0.15, 0.2) is 12.3 Å². The molecule has 0 aliphatic carbocycles. The summed E-state index contributed by atoms with van der Waals surface area (Å²) in [5.41, 5.74) is 6.56. The number of rotatable bonds is 2. The highest BCUT2D eigenvalue weighted by atomic mass is 32.1. The Morgan fingerprint density at radius 1 is 1.47 bits per heavy atom. The average Bonchev–Trinajstić information content (AvgIpc) is 2.54. The minimum absolute atomic E-state index is 0.396. The normalized spacial score (nSPS) is 21.0. The molecule has 2 heterocycles. The van der Waals surface area contributed by atoms with Crippen molar-refractivity contribution in [2.24, 2.45) is 11.7 Å². The number of nitrogens with zero attached hydrogens (tertiary/aromatic N) is 3. The zero-order chi connectivity index (χ0) is 12.3. The first-order valence-electron chi connectivity index (χ1n) is 6.05. The molecule has 1 aromatic heterocycles. The van der Waals surface area contributed by atoms with Crippen LogP contribution in [0.2, 0.25) is 0 Å². The molecule has 1 fully saturated rings. The maximum atomic E-state index is 5.72. The molecule has 0 bridgehead atoms. The molecule has 17 heavy (non-hydrogen) atoms. The summed E-state index contributed by atoms with van der Waals surface area (Å²) in [4.78, 5) is 2.65. The molecule has 1 unspecified atom stereocenters. The fraction of sp³-hybridized carbons (Fsp3) is 0.583. The summed E-state index contributed by atoms with van der Waals surface area (Å²) < 4.78 is 0. The summed E-state index contributed by atoms with van der Waals surface area (Å²) in [6.07, 6.45) is 5.29. The molecule has 1 aromatic rings. The molecule has 1 saturated heterocycles. The van der Waals surface area contributed by atoms with Crippen molar-refractivity contribution in [1.82, 2.24) is 10.2 Å². The van der Waals surface area contributed by atoms with Crippen LogP contribution in [0.3, 0.4) is 0 Å². The molecule has 92 valence electrons. The SMILES string of the molecule is CC1CCCN(c2nnccc2C(N)=S)CC1. The maximum Gasteiger partial charge on any atom is 0.161 e. The Hall–Kier alpha value is -1.23. The van der Waals surface area contributed by atoms with Gasteiger partial charge in [0.15, 0.2) is 5.82 Å². The molecule has 0 radical (unpaired) electrons. The Balaban J connectivity index is 2.24. The zero-order valence-electron chi connectivity index (χ0n) is 10.1. The average molecular weight is 250 g/mol. The van der Waals surface area contributed by atoms with E-state index in [0.29, 0.717) is 4.99 Å². The van der Waals surface area contributed by atoms with E-state index in [2.05, 4.69) is 22.0 Å². The van der Waals surface area contributed by atoms with Crippen LogP contribution in [-0.4, -0.2) is 28.3 Å². The third kappa shape index (κ3) is 2.91. The zero-order valence-corrected chi connectivity index (χ0v) is 10.9. The fourth-order valence-electron chi connectivity index (χ4n) is 2.22. The van der Waals surface area contributed by atoms with Gasteiger partial charge < -0.3 is 10.6 Å². The van der Waals surface area contributed by atoms with Crippen LogP contribution < -0.4 is 10.6 Å². The number of anilines is 1. The highest BCUT2D eigenvalue weighted by molar-refractivity contribution is 7.80. The van der Waals surface area contributed by atoms with E-state index < -0.39 is 0 Å². The molecule has 1 aliphatic heterocycles. The molecular formula is C12H18N4S. The largest absolute Gasteiger partial charge is 0.389 e. The number of thiocarbonyl (C=S) groups is 1. The first-order chi connectivity index (χ1) is 8.18. The minimum Gasteiger partial charge on any atom is -0.389 e. The van der Waals surface area contributed by atoms with Crippen LogP contribution in [0.4, 0.5) is 5.82 Å². The molecule has 5 heteroatoms. The molecule has 4 nitrogen and oxygen atoms in total. The van der Waals surface area contributed by atoms with Crippen LogP contribution in [0.25, 0.3) is 0 Å². The predicted molar refractivity (Wildman–Crippen MR) is 73.1 cm³/mol. The Morgan fingerprint density at radius 3 is 3.06 bits per heavy atom. The number of nitrogens with two attached hydrogens (primary N) is 1. The quantitative estimate of drug-likeness (QED) is 0.810. The Morgan fingerprint density at radius 2 is 2.29 bits per heavy atom. The minimum atomic E-state index is 0.396. The molecule has 1 aliphatic rings. The van der Waals surface area contributed by atoms with Gasteiger partial charge in [-0.2, -0.15) is 5.10 Å². The maximum absolute atomic E-state index is 5.72. The van der Waals surface area contributed by atoms with Crippen molar-refractivity contribution in [1.29, 1.82) is 0 Å². The van der Waals surface area contributed by atoms with Crippen molar-refractivity contribution in [3.8, 4) is 0 Å². The van der Waals surface area contributed by atoms with Gasteiger partial charge in [0.1, 0.15) is 4.99 Å². The van der Waals surface area contributed by atoms with Crippen molar-refractivity contribution in [2.45, 2.75) is 26.2 Å². The third-order valence-electron chi connectivity index (χ3n) is 3.28. The van der Waals surface area contributed by atoms with Crippen LogP contribution in [0.5, 0.6) is 0 Å². The first kappa shape index (κ1) is 12.2. The smallest absolute Gasteiger partial charge is 0.161 e. The summed E-state index contributed by atoms with van der Waals surface area (Å²) in [5, 5.41) is 8.14. The van der Waals surface area contributed by atoms with Crippen LogP contribution in [0.1, 0.15) is 31.7 Å². The summed E-state index contributed by atoms with van der Waals surface area (Å²) in [6, 6.07) is 1.85. The van der Waals surface area contributed by atoms with Gasteiger partial charge in [0, 0.05) is 13.1 Å². The van der Waals surface area contributed by atoms with Gasteiger partial charge in [0.25, 0.3) is 0 Å². The highest BCUT2D eigenvalue weighted by Crippen LogP contribution is 2.23. The van der Waals surface area contributed by atoms with Gasteiger partial charge in [-0.05, 0) is 31.2 Å². The van der Waals surface area contributed by atoms with Gasteiger partial charge in [-0.25, -0.2) is 0 Å². The second-order valence-electron chi connectivity index (χ2n) is 4.66. The molecule has 0 spiro atoms. The van der Waals surface area contributed by atoms with Gasteiger partial charge >= 0.3 is 0 Å². The lowest BCUT2D eigenvalue weighted by Crippen LogP contribution is -2.28. The van der Waals surface area contributed by atoms with E-state index in [4.69, 9.17) is 18.0 Å². The van der Waals surface area contributed by atoms with E-state index in [1.165, 1.54) is 19.3 Å². The van der Waals surface area contributed by atoms with E-state index in [1.807, 2.05) is 6.07 Å². The molecular weight excluding hydrogens is 232 g/mol. The van der Waals surface area contributed by atoms with Crippen molar-refractivity contribution >= 4 is 23.0 Å². The Kier molecular flexibility index (Phi) is 3.89. The topological polar surface area (TPSA) is 55.0 Å². The lowest BCUT2D eigenvalue weighted by molar-refractivity contribution is 0.521. The van der Waals surface area contributed by atoms with Gasteiger partial charge in [0.2, 0.25) is 0 Å². The molecule has 2 rings (SSSR count). The van der Waals surface area contributed by atoms with Gasteiger partial charge in [-0.3, -0.25) is 0 Å². The molecule has 1 atom stereocenters. The van der Waals surface area contributed by atoms with E-state index in [9.17, 15) is 0 Å². The lowest BCUT2D eigenvalue weighted by atomic mass is 10.0. The Bertz CT molecular complexity index is 407. The third-order valence-corrected chi connectivity index (χ3v) is 3.50. The first-order valence-corrected chi connectivity index (χ1v) is 6.45.